The number of carbonyl (C=O) groups excluding carboxylic acids is 1. The highest BCUT2D eigenvalue weighted by atomic mass is 32.2. The van der Waals surface area contributed by atoms with Gasteiger partial charge in [-0.05, 0) is 67.5 Å². The predicted molar refractivity (Wildman–Crippen MR) is 159 cm³/mol. The molecule has 11 nitrogen and oxygen atoms in total. The predicted octanol–water partition coefficient (Wildman–Crippen LogP) is 5.69. The van der Waals surface area contributed by atoms with Crippen molar-refractivity contribution >= 4 is 33.0 Å². The summed E-state index contributed by atoms with van der Waals surface area (Å²) in [6, 6.07) is 9.32. The summed E-state index contributed by atoms with van der Waals surface area (Å²) in [5, 5.41) is 13.8. The minimum atomic E-state index is -3.59. The van der Waals surface area contributed by atoms with Crippen LogP contribution in [0.1, 0.15) is 78.7 Å². The Bertz CT molecular complexity index is 1640. The SMILES string of the molecule is COc1c(NC(=O)c2ccc(C)c(N3CC(c4cnc(C)n4C4CC4)N=N3)c2)cc(C(C)(C)C)cc1NS(C)(=O)=O. The van der Waals surface area contributed by atoms with E-state index >= 15 is 0 Å². The van der Waals surface area contributed by atoms with Crippen LogP contribution >= 0.6 is 0 Å². The summed E-state index contributed by atoms with van der Waals surface area (Å²) in [5.74, 6) is 0.853. The number of nitrogens with one attached hydrogen (secondary N) is 2. The van der Waals surface area contributed by atoms with Gasteiger partial charge in [-0.1, -0.05) is 32.1 Å². The Balaban J connectivity index is 1.42. The van der Waals surface area contributed by atoms with E-state index in [2.05, 4.69) is 29.9 Å². The fourth-order valence-electron chi connectivity index (χ4n) is 5.06. The van der Waals surface area contributed by atoms with Crippen LogP contribution in [-0.4, -0.2) is 43.8 Å². The Morgan fingerprint density at radius 1 is 1.10 bits per heavy atom. The van der Waals surface area contributed by atoms with Gasteiger partial charge in [0.2, 0.25) is 10.0 Å². The summed E-state index contributed by atoms with van der Waals surface area (Å²) in [5.41, 5.74) is 4.36. The van der Waals surface area contributed by atoms with Crippen LogP contribution in [0.5, 0.6) is 5.75 Å². The Morgan fingerprint density at radius 2 is 1.80 bits per heavy atom. The maximum atomic E-state index is 13.5. The fraction of sp³-hybridized carbons (Fsp3) is 0.448. The molecule has 1 saturated carbocycles. The highest BCUT2D eigenvalue weighted by Crippen LogP contribution is 2.41. The van der Waals surface area contributed by atoms with E-state index < -0.39 is 10.0 Å². The number of aryl methyl sites for hydroxylation is 2. The van der Waals surface area contributed by atoms with Gasteiger partial charge in [0, 0.05) is 11.6 Å². The van der Waals surface area contributed by atoms with Gasteiger partial charge in [0.15, 0.2) is 5.75 Å². The van der Waals surface area contributed by atoms with Gasteiger partial charge in [0.05, 0.1) is 48.9 Å². The molecule has 1 amide bonds. The number of methoxy groups -OCH3 is 1. The number of anilines is 3. The Hall–Kier alpha value is -3.93. The number of carbonyl (C=O) groups is 1. The minimum absolute atomic E-state index is 0.140. The number of aromatic nitrogens is 2. The highest BCUT2D eigenvalue weighted by Gasteiger charge is 2.33. The van der Waals surface area contributed by atoms with Gasteiger partial charge in [-0.3, -0.25) is 9.52 Å². The number of ether oxygens (including phenoxy) is 1. The quantitative estimate of drug-likeness (QED) is 0.352. The molecule has 12 heteroatoms. The average molecular weight is 580 g/mol. The Kier molecular flexibility index (Phi) is 7.31. The van der Waals surface area contributed by atoms with Crippen molar-refractivity contribution in [1.29, 1.82) is 0 Å². The first-order chi connectivity index (χ1) is 19.2. The van der Waals surface area contributed by atoms with Crippen LogP contribution in [0, 0.1) is 13.8 Å². The first kappa shape index (κ1) is 28.6. The van der Waals surface area contributed by atoms with Crippen LogP contribution in [0.4, 0.5) is 17.1 Å². The van der Waals surface area contributed by atoms with E-state index in [1.807, 2.05) is 58.0 Å². The fourth-order valence-corrected chi connectivity index (χ4v) is 5.61. The zero-order chi connectivity index (χ0) is 29.7. The molecule has 0 bridgehead atoms. The van der Waals surface area contributed by atoms with Crippen molar-refractivity contribution in [3.05, 3.63) is 64.7 Å². The van der Waals surface area contributed by atoms with Crippen LogP contribution in [0.25, 0.3) is 0 Å². The van der Waals surface area contributed by atoms with Crippen LogP contribution in [0.2, 0.25) is 0 Å². The lowest BCUT2D eigenvalue weighted by Gasteiger charge is -2.24. The number of sulfonamides is 1. The minimum Gasteiger partial charge on any atom is -0.492 e. The van der Waals surface area contributed by atoms with Gasteiger partial charge in [0.1, 0.15) is 11.9 Å². The molecule has 2 heterocycles. The van der Waals surface area contributed by atoms with E-state index in [1.165, 1.54) is 7.11 Å². The third kappa shape index (κ3) is 6.07. The molecule has 3 aromatic rings. The van der Waals surface area contributed by atoms with Crippen LogP contribution in [0.3, 0.4) is 0 Å². The summed E-state index contributed by atoms with van der Waals surface area (Å²) in [6.07, 6.45) is 5.28. The lowest BCUT2D eigenvalue weighted by Crippen LogP contribution is -2.20. The molecule has 2 aliphatic rings. The molecule has 0 saturated heterocycles. The largest absolute Gasteiger partial charge is 0.492 e. The van der Waals surface area contributed by atoms with Crippen molar-refractivity contribution in [2.75, 3.05) is 35.0 Å². The summed E-state index contributed by atoms with van der Waals surface area (Å²) < 4.78 is 34.5. The first-order valence-corrected chi connectivity index (χ1v) is 15.5. The van der Waals surface area contributed by atoms with Gasteiger partial charge in [-0.2, -0.15) is 5.11 Å². The van der Waals surface area contributed by atoms with Crippen LogP contribution < -0.4 is 19.8 Å². The smallest absolute Gasteiger partial charge is 0.255 e. The van der Waals surface area contributed by atoms with Gasteiger partial charge in [-0.25, -0.2) is 18.4 Å². The molecule has 1 aliphatic heterocycles. The standard InChI is InChI=1S/C29H37N7O4S/c1-17-8-9-19(12-25(17)35-16-24(32-34-35)26-15-30-18(2)36(26)21-10-11-21)28(37)31-22-13-20(29(3,4)5)14-23(27(22)40-6)33-41(7,38)39/h8-9,12-15,21,24,33H,10-11,16H2,1-7H3,(H,31,37). The summed E-state index contributed by atoms with van der Waals surface area (Å²) in [7, 11) is -2.15. The second-order valence-corrected chi connectivity index (χ2v) is 13.6. The van der Waals surface area contributed by atoms with Crippen molar-refractivity contribution < 1.29 is 17.9 Å². The van der Waals surface area contributed by atoms with E-state index in [1.54, 1.807) is 18.2 Å². The molecular weight excluding hydrogens is 542 g/mol. The zero-order valence-corrected chi connectivity index (χ0v) is 25.3. The van der Waals surface area contributed by atoms with Crippen molar-refractivity contribution in [2.45, 2.75) is 65.0 Å². The number of benzene rings is 2. The van der Waals surface area contributed by atoms with Crippen LogP contribution in [0.15, 0.2) is 46.9 Å². The average Bonchev–Trinajstić information content (AvgIpc) is 3.46. The number of imidazole rings is 1. The van der Waals surface area contributed by atoms with Crippen molar-refractivity contribution in [1.82, 2.24) is 9.55 Å². The van der Waals surface area contributed by atoms with Gasteiger partial charge in [0.25, 0.3) is 5.91 Å². The van der Waals surface area contributed by atoms with Crippen LogP contribution in [-0.2, 0) is 15.4 Å². The van der Waals surface area contributed by atoms with E-state index in [9.17, 15) is 13.2 Å². The highest BCUT2D eigenvalue weighted by molar-refractivity contribution is 7.92. The maximum Gasteiger partial charge on any atom is 0.255 e. The molecule has 0 radical (unpaired) electrons. The van der Waals surface area contributed by atoms with E-state index in [0.29, 0.717) is 23.8 Å². The molecule has 41 heavy (non-hydrogen) atoms. The van der Waals surface area contributed by atoms with Crippen molar-refractivity contribution in [3.8, 4) is 5.75 Å². The topological polar surface area (TPSA) is 130 Å². The van der Waals surface area contributed by atoms with Crippen molar-refractivity contribution in [3.63, 3.8) is 0 Å². The summed E-state index contributed by atoms with van der Waals surface area (Å²) in [4.78, 5) is 18.1. The summed E-state index contributed by atoms with van der Waals surface area (Å²) >= 11 is 0. The van der Waals surface area contributed by atoms with Crippen molar-refractivity contribution in [2.24, 2.45) is 10.3 Å². The number of hydrogen-bond donors (Lipinski definition) is 2. The third-order valence-corrected chi connectivity index (χ3v) is 7.95. The molecule has 1 unspecified atom stereocenters. The number of amides is 1. The second kappa shape index (κ2) is 10.5. The monoisotopic (exact) mass is 579 g/mol. The normalized spacial score (nSPS) is 17.1. The maximum absolute atomic E-state index is 13.5. The molecule has 0 spiro atoms. The molecule has 2 aromatic carbocycles. The van der Waals surface area contributed by atoms with E-state index in [4.69, 9.17) is 4.74 Å². The molecule has 1 aliphatic carbocycles. The second-order valence-electron chi connectivity index (χ2n) is 11.8. The molecule has 1 aromatic heterocycles. The molecule has 218 valence electrons. The molecule has 1 atom stereocenters. The Labute approximate surface area is 241 Å². The van der Waals surface area contributed by atoms with Gasteiger partial charge < -0.3 is 14.6 Å². The van der Waals surface area contributed by atoms with E-state index in [0.717, 1.165) is 47.4 Å². The summed E-state index contributed by atoms with van der Waals surface area (Å²) in [6.45, 7) is 10.6. The van der Waals surface area contributed by atoms with Gasteiger partial charge in [-0.15, -0.1) is 0 Å². The van der Waals surface area contributed by atoms with Gasteiger partial charge >= 0.3 is 0 Å². The number of hydrogen-bond acceptors (Lipinski definition) is 8. The first-order valence-electron chi connectivity index (χ1n) is 13.6. The molecule has 5 rings (SSSR count). The Morgan fingerprint density at radius 3 is 2.44 bits per heavy atom. The third-order valence-electron chi connectivity index (χ3n) is 7.36. The number of nitrogens with zero attached hydrogens (tertiary/aromatic N) is 5. The van der Waals surface area contributed by atoms with E-state index in [-0.39, 0.29) is 28.8 Å². The molecule has 2 N–H and O–H groups in total. The number of rotatable bonds is 8. The lowest BCUT2D eigenvalue weighted by atomic mass is 9.86. The lowest BCUT2D eigenvalue weighted by molar-refractivity contribution is 0.102. The molecule has 1 fully saturated rings. The molecular formula is C29H37N7O4S. The zero-order valence-electron chi connectivity index (χ0n) is 24.5.